The quantitative estimate of drug-likeness (QED) is 0.740. The van der Waals surface area contributed by atoms with Crippen molar-refractivity contribution < 1.29 is 9.53 Å². The maximum atomic E-state index is 11.9. The van der Waals surface area contributed by atoms with Gasteiger partial charge in [0.2, 0.25) is 0 Å². The van der Waals surface area contributed by atoms with E-state index in [9.17, 15) is 4.79 Å². The summed E-state index contributed by atoms with van der Waals surface area (Å²) in [5.74, 6) is 0. The number of carbonyl (C=O) groups is 1. The Morgan fingerprint density at radius 3 is 2.17 bits per heavy atom. The van der Waals surface area contributed by atoms with Gasteiger partial charge in [0, 0.05) is 24.9 Å². The molecule has 0 aliphatic carbocycles. The van der Waals surface area contributed by atoms with Crippen LogP contribution in [0.25, 0.3) is 0 Å². The molecule has 104 valence electrons. The van der Waals surface area contributed by atoms with Gasteiger partial charge in [-0.3, -0.25) is 0 Å². The predicted octanol–water partition coefficient (Wildman–Crippen LogP) is 3.08. The minimum atomic E-state index is -0.538. The average Bonchev–Trinajstić information content (AvgIpc) is 2.14. The molecule has 0 aromatic heterocycles. The SMILES string of the molecule is CCC(C(=N)CC(C)=N)N(C)C(=O)OC(C)(C)C. The highest BCUT2D eigenvalue weighted by Gasteiger charge is 2.26. The molecular weight excluding hydrogens is 230 g/mol. The standard InChI is InChI=1S/C13H25N3O2/c1-7-11(10(15)8-9(2)14)16(6)12(17)18-13(3,4)5/h11,14-15H,7-8H2,1-6H3. The zero-order chi connectivity index (χ0) is 14.5. The third-order valence-corrected chi connectivity index (χ3v) is 2.39. The first-order valence-corrected chi connectivity index (χ1v) is 6.15. The largest absolute Gasteiger partial charge is 0.444 e. The van der Waals surface area contributed by atoms with Crippen LogP contribution in [0, 0.1) is 10.8 Å². The second-order valence-electron chi connectivity index (χ2n) is 5.50. The summed E-state index contributed by atoms with van der Waals surface area (Å²) >= 11 is 0. The van der Waals surface area contributed by atoms with Crippen molar-refractivity contribution in [2.75, 3.05) is 7.05 Å². The monoisotopic (exact) mass is 255 g/mol. The van der Waals surface area contributed by atoms with Gasteiger partial charge >= 0.3 is 6.09 Å². The third kappa shape index (κ3) is 5.80. The fourth-order valence-corrected chi connectivity index (χ4v) is 1.62. The number of nitrogens with one attached hydrogen (secondary N) is 2. The van der Waals surface area contributed by atoms with E-state index in [0.717, 1.165) is 0 Å². The second kappa shape index (κ2) is 6.52. The number of hydrogen-bond donors (Lipinski definition) is 2. The van der Waals surface area contributed by atoms with Crippen LogP contribution in [0.2, 0.25) is 0 Å². The van der Waals surface area contributed by atoms with Crippen molar-refractivity contribution in [2.45, 2.75) is 59.1 Å². The number of hydrogen-bond acceptors (Lipinski definition) is 4. The second-order valence-corrected chi connectivity index (χ2v) is 5.50. The first-order chi connectivity index (χ1) is 8.08. The predicted molar refractivity (Wildman–Crippen MR) is 73.8 cm³/mol. The fourth-order valence-electron chi connectivity index (χ4n) is 1.62. The van der Waals surface area contributed by atoms with E-state index in [0.29, 0.717) is 24.3 Å². The summed E-state index contributed by atoms with van der Waals surface area (Å²) in [5.41, 5.74) is 0.262. The van der Waals surface area contributed by atoms with Crippen LogP contribution in [0.1, 0.15) is 47.5 Å². The van der Waals surface area contributed by atoms with Crippen LogP contribution in [-0.2, 0) is 4.74 Å². The summed E-state index contributed by atoms with van der Waals surface area (Å²) in [4.78, 5) is 13.3. The number of nitrogens with zero attached hydrogens (tertiary/aromatic N) is 1. The summed E-state index contributed by atoms with van der Waals surface area (Å²) in [6.45, 7) is 9.01. The lowest BCUT2D eigenvalue weighted by atomic mass is 10.0. The van der Waals surface area contributed by atoms with Crippen molar-refractivity contribution in [1.82, 2.24) is 4.90 Å². The molecule has 1 unspecified atom stereocenters. The van der Waals surface area contributed by atoms with E-state index in [1.807, 2.05) is 27.7 Å². The highest BCUT2D eigenvalue weighted by molar-refractivity contribution is 6.03. The molecule has 5 nitrogen and oxygen atoms in total. The molecule has 0 spiro atoms. The van der Waals surface area contributed by atoms with Gasteiger partial charge in [-0.1, -0.05) is 6.92 Å². The number of ether oxygens (including phenoxy) is 1. The highest BCUT2D eigenvalue weighted by atomic mass is 16.6. The zero-order valence-corrected chi connectivity index (χ0v) is 12.3. The lowest BCUT2D eigenvalue weighted by Gasteiger charge is -2.30. The van der Waals surface area contributed by atoms with Crippen molar-refractivity contribution in [2.24, 2.45) is 0 Å². The first-order valence-electron chi connectivity index (χ1n) is 6.15. The van der Waals surface area contributed by atoms with Crippen LogP contribution in [0.5, 0.6) is 0 Å². The number of amides is 1. The molecule has 0 saturated heterocycles. The molecule has 0 saturated carbocycles. The van der Waals surface area contributed by atoms with Crippen LogP contribution in [0.15, 0.2) is 0 Å². The molecule has 0 bridgehead atoms. The van der Waals surface area contributed by atoms with E-state index < -0.39 is 11.7 Å². The van der Waals surface area contributed by atoms with Gasteiger partial charge < -0.3 is 20.5 Å². The molecule has 0 heterocycles. The minimum absolute atomic E-state index is 0.297. The summed E-state index contributed by atoms with van der Waals surface area (Å²) in [6, 6.07) is -0.305. The van der Waals surface area contributed by atoms with Gasteiger partial charge in [-0.25, -0.2) is 4.79 Å². The Labute approximate surface area is 110 Å². The molecular formula is C13H25N3O2. The molecule has 2 N–H and O–H groups in total. The van der Waals surface area contributed by atoms with Crippen molar-refractivity contribution in [3.8, 4) is 0 Å². The lowest BCUT2D eigenvalue weighted by Crippen LogP contribution is -2.44. The van der Waals surface area contributed by atoms with Crippen LogP contribution in [0.3, 0.4) is 0 Å². The maximum absolute atomic E-state index is 11.9. The van der Waals surface area contributed by atoms with E-state index >= 15 is 0 Å². The average molecular weight is 255 g/mol. The summed E-state index contributed by atoms with van der Waals surface area (Å²) in [6.07, 6.45) is 0.509. The van der Waals surface area contributed by atoms with Gasteiger partial charge in [-0.15, -0.1) is 0 Å². The molecule has 0 aromatic rings. The Bertz CT molecular complexity index is 332. The van der Waals surface area contributed by atoms with Crippen molar-refractivity contribution >= 4 is 17.5 Å². The number of carbonyl (C=O) groups excluding carboxylic acids is 1. The third-order valence-electron chi connectivity index (χ3n) is 2.39. The molecule has 18 heavy (non-hydrogen) atoms. The summed E-state index contributed by atoms with van der Waals surface area (Å²) in [7, 11) is 1.63. The van der Waals surface area contributed by atoms with Crippen LogP contribution in [-0.4, -0.2) is 41.1 Å². The molecule has 0 rings (SSSR count). The van der Waals surface area contributed by atoms with Crippen molar-refractivity contribution in [1.29, 1.82) is 10.8 Å². The van der Waals surface area contributed by atoms with E-state index in [1.54, 1.807) is 14.0 Å². The van der Waals surface area contributed by atoms with Gasteiger partial charge in [0.1, 0.15) is 5.60 Å². The van der Waals surface area contributed by atoms with E-state index in [1.165, 1.54) is 4.90 Å². The molecule has 1 atom stereocenters. The van der Waals surface area contributed by atoms with Crippen LogP contribution in [0.4, 0.5) is 4.79 Å². The molecule has 0 aliphatic heterocycles. The molecule has 0 radical (unpaired) electrons. The Kier molecular flexibility index (Phi) is 6.01. The fraction of sp³-hybridized carbons (Fsp3) is 0.769. The Morgan fingerprint density at radius 1 is 1.33 bits per heavy atom. The van der Waals surface area contributed by atoms with Gasteiger partial charge in [-0.05, 0) is 34.1 Å². The van der Waals surface area contributed by atoms with Crippen molar-refractivity contribution in [3.05, 3.63) is 0 Å². The van der Waals surface area contributed by atoms with E-state index in [2.05, 4.69) is 0 Å². The molecule has 0 aromatic carbocycles. The van der Waals surface area contributed by atoms with Crippen molar-refractivity contribution in [3.63, 3.8) is 0 Å². The number of rotatable bonds is 5. The van der Waals surface area contributed by atoms with Gasteiger partial charge in [-0.2, -0.15) is 0 Å². The minimum Gasteiger partial charge on any atom is -0.444 e. The Balaban J connectivity index is 4.70. The van der Waals surface area contributed by atoms with E-state index in [4.69, 9.17) is 15.6 Å². The normalized spacial score (nSPS) is 12.8. The summed E-state index contributed by atoms with van der Waals surface area (Å²) < 4.78 is 5.27. The van der Waals surface area contributed by atoms with E-state index in [-0.39, 0.29) is 6.04 Å². The van der Waals surface area contributed by atoms with Crippen LogP contribution >= 0.6 is 0 Å². The first kappa shape index (κ1) is 16.6. The highest BCUT2D eigenvalue weighted by Crippen LogP contribution is 2.13. The van der Waals surface area contributed by atoms with Gasteiger partial charge in [0.15, 0.2) is 0 Å². The van der Waals surface area contributed by atoms with Gasteiger partial charge in [0.05, 0.1) is 6.04 Å². The lowest BCUT2D eigenvalue weighted by molar-refractivity contribution is 0.0263. The summed E-state index contributed by atoms with van der Waals surface area (Å²) in [5, 5.41) is 15.4. The molecule has 0 aliphatic rings. The smallest absolute Gasteiger partial charge is 0.410 e. The topological polar surface area (TPSA) is 77.2 Å². The molecule has 5 heteroatoms. The zero-order valence-electron chi connectivity index (χ0n) is 12.3. The van der Waals surface area contributed by atoms with Gasteiger partial charge in [0.25, 0.3) is 0 Å². The van der Waals surface area contributed by atoms with Crippen LogP contribution < -0.4 is 0 Å². The Hall–Kier alpha value is -1.39. The maximum Gasteiger partial charge on any atom is 0.410 e. The molecule has 0 fully saturated rings. The molecule has 1 amide bonds. The Morgan fingerprint density at radius 2 is 1.83 bits per heavy atom.